The van der Waals surface area contributed by atoms with E-state index in [1.807, 2.05) is 30.3 Å². The van der Waals surface area contributed by atoms with E-state index in [1.165, 1.54) is 18.2 Å². The van der Waals surface area contributed by atoms with Gasteiger partial charge in [0.1, 0.15) is 11.6 Å². The fourth-order valence-electron chi connectivity index (χ4n) is 1.83. The Hall–Kier alpha value is -1.91. The average Bonchev–Trinajstić information content (AvgIpc) is 2.43. The van der Waals surface area contributed by atoms with Crippen LogP contribution >= 0.6 is 0 Å². The zero-order valence-electron chi connectivity index (χ0n) is 10.4. The van der Waals surface area contributed by atoms with Gasteiger partial charge in [0.2, 0.25) is 0 Å². The lowest BCUT2D eigenvalue weighted by Crippen LogP contribution is -2.21. The topological polar surface area (TPSA) is 52.5 Å². The van der Waals surface area contributed by atoms with Crippen LogP contribution in [0.25, 0.3) is 0 Å². The lowest BCUT2D eigenvalue weighted by Gasteiger charge is -2.12. The number of hydrogen-bond donors (Lipinski definition) is 3. The summed E-state index contributed by atoms with van der Waals surface area (Å²) >= 11 is 0. The van der Waals surface area contributed by atoms with E-state index in [9.17, 15) is 14.6 Å². The highest BCUT2D eigenvalue weighted by Crippen LogP contribution is 2.18. The summed E-state index contributed by atoms with van der Waals surface area (Å²) in [6, 6.07) is 13.1. The zero-order valence-corrected chi connectivity index (χ0v) is 10.4. The Kier molecular flexibility index (Phi) is 4.49. The van der Waals surface area contributed by atoms with Gasteiger partial charge in [0.05, 0.1) is 6.10 Å². The lowest BCUT2D eigenvalue weighted by atomic mass is 10.1. The quantitative estimate of drug-likeness (QED) is 0.774. The normalized spacial score (nSPS) is 12.3. The van der Waals surface area contributed by atoms with E-state index >= 15 is 0 Å². The van der Waals surface area contributed by atoms with Crippen LogP contribution in [0.4, 0.5) is 4.39 Å². The molecule has 3 nitrogen and oxygen atoms in total. The molecule has 4 heteroatoms. The zero-order chi connectivity index (χ0) is 13.7. The van der Waals surface area contributed by atoms with Crippen molar-refractivity contribution in [3.8, 4) is 5.75 Å². The van der Waals surface area contributed by atoms with Crippen LogP contribution in [0.15, 0.2) is 48.5 Å². The number of phenols is 1. The molecule has 2 rings (SSSR count). The third-order valence-corrected chi connectivity index (χ3v) is 2.88. The molecule has 3 N–H and O–H groups in total. The molecular weight excluding hydrogens is 245 g/mol. The van der Waals surface area contributed by atoms with Crippen LogP contribution in [0.2, 0.25) is 0 Å². The van der Waals surface area contributed by atoms with E-state index < -0.39 is 11.9 Å². The van der Waals surface area contributed by atoms with Gasteiger partial charge in [-0.05, 0) is 23.8 Å². The number of phenolic OH excluding ortho intramolecular Hbond substituents is 1. The number of benzene rings is 2. The number of aromatic hydroxyl groups is 1. The summed E-state index contributed by atoms with van der Waals surface area (Å²) in [4.78, 5) is 0. The minimum Gasteiger partial charge on any atom is -0.508 e. The molecule has 2 aromatic rings. The van der Waals surface area contributed by atoms with Gasteiger partial charge in [-0.25, -0.2) is 4.39 Å². The van der Waals surface area contributed by atoms with E-state index in [1.54, 1.807) is 0 Å². The van der Waals surface area contributed by atoms with E-state index in [0.717, 1.165) is 5.56 Å². The number of rotatable bonds is 5. The van der Waals surface area contributed by atoms with Gasteiger partial charge in [-0.3, -0.25) is 0 Å². The summed E-state index contributed by atoms with van der Waals surface area (Å²) in [5.74, 6) is -0.346. The second kappa shape index (κ2) is 6.31. The highest BCUT2D eigenvalue weighted by molar-refractivity contribution is 5.32. The molecule has 0 spiro atoms. The summed E-state index contributed by atoms with van der Waals surface area (Å²) < 4.78 is 13.0. The molecular formula is C15H16FNO2. The number of nitrogens with one attached hydrogen (secondary N) is 1. The molecule has 0 saturated heterocycles. The van der Waals surface area contributed by atoms with Gasteiger partial charge in [0, 0.05) is 18.7 Å². The molecule has 0 fully saturated rings. The molecule has 0 aliphatic heterocycles. The summed E-state index contributed by atoms with van der Waals surface area (Å²) in [6.45, 7) is 0.632. The Labute approximate surface area is 111 Å². The molecule has 19 heavy (non-hydrogen) atoms. The SMILES string of the molecule is Oc1ccc(F)cc1CNCC(O)c1ccccc1. The van der Waals surface area contributed by atoms with Crippen LogP contribution in [-0.4, -0.2) is 16.8 Å². The first-order valence-corrected chi connectivity index (χ1v) is 6.08. The molecule has 0 aliphatic carbocycles. The van der Waals surface area contributed by atoms with Crippen LogP contribution in [0.3, 0.4) is 0 Å². The van der Waals surface area contributed by atoms with Gasteiger partial charge in [-0.1, -0.05) is 30.3 Å². The third kappa shape index (κ3) is 3.77. The van der Waals surface area contributed by atoms with Crippen LogP contribution < -0.4 is 5.32 Å². The van der Waals surface area contributed by atoms with E-state index in [4.69, 9.17) is 0 Å². The number of hydrogen-bond acceptors (Lipinski definition) is 3. The maximum Gasteiger partial charge on any atom is 0.123 e. The maximum absolute atomic E-state index is 13.0. The Bertz CT molecular complexity index is 531. The van der Waals surface area contributed by atoms with E-state index in [-0.39, 0.29) is 5.75 Å². The molecule has 0 bridgehead atoms. The molecule has 0 saturated carbocycles. The predicted molar refractivity (Wildman–Crippen MR) is 71.2 cm³/mol. The molecule has 2 aromatic carbocycles. The molecule has 0 amide bonds. The molecule has 0 aromatic heterocycles. The molecule has 1 atom stereocenters. The highest BCUT2D eigenvalue weighted by atomic mass is 19.1. The van der Waals surface area contributed by atoms with Gasteiger partial charge >= 0.3 is 0 Å². The smallest absolute Gasteiger partial charge is 0.123 e. The molecule has 0 radical (unpaired) electrons. The fourth-order valence-corrected chi connectivity index (χ4v) is 1.83. The van der Waals surface area contributed by atoms with Crippen molar-refractivity contribution in [2.45, 2.75) is 12.6 Å². The molecule has 100 valence electrons. The van der Waals surface area contributed by atoms with Crippen LogP contribution in [0.1, 0.15) is 17.2 Å². The van der Waals surface area contributed by atoms with Gasteiger partial charge in [-0.15, -0.1) is 0 Å². The summed E-state index contributed by atoms with van der Waals surface area (Å²) in [6.07, 6.45) is -0.628. The van der Waals surface area contributed by atoms with Gasteiger partial charge in [-0.2, -0.15) is 0 Å². The highest BCUT2D eigenvalue weighted by Gasteiger charge is 2.07. The van der Waals surface area contributed by atoms with Crippen molar-refractivity contribution in [1.29, 1.82) is 0 Å². The first kappa shape index (κ1) is 13.5. The summed E-state index contributed by atoms with van der Waals surface area (Å²) in [5, 5.41) is 22.5. The van der Waals surface area contributed by atoms with E-state index in [0.29, 0.717) is 18.7 Å². The van der Waals surface area contributed by atoms with Gasteiger partial charge in [0.15, 0.2) is 0 Å². The standard InChI is InChI=1S/C15H16FNO2/c16-13-6-7-14(18)12(8-13)9-17-10-15(19)11-4-2-1-3-5-11/h1-8,15,17-19H,9-10H2. The lowest BCUT2D eigenvalue weighted by molar-refractivity contribution is 0.174. The Morgan fingerprint density at radius 1 is 1.11 bits per heavy atom. The summed E-state index contributed by atoms with van der Waals surface area (Å²) in [5.41, 5.74) is 1.29. The second-order valence-corrected chi connectivity index (χ2v) is 4.33. The minimum absolute atomic E-state index is 0.0445. The number of aliphatic hydroxyl groups is 1. The van der Waals surface area contributed by atoms with Crippen molar-refractivity contribution in [2.24, 2.45) is 0 Å². The third-order valence-electron chi connectivity index (χ3n) is 2.88. The van der Waals surface area contributed by atoms with Crippen molar-refractivity contribution >= 4 is 0 Å². The van der Waals surface area contributed by atoms with Crippen LogP contribution in [0, 0.1) is 5.82 Å². The average molecular weight is 261 g/mol. The molecule has 0 aliphatic rings. The second-order valence-electron chi connectivity index (χ2n) is 4.33. The first-order valence-electron chi connectivity index (χ1n) is 6.08. The Morgan fingerprint density at radius 3 is 2.58 bits per heavy atom. The van der Waals surface area contributed by atoms with Crippen molar-refractivity contribution in [3.63, 3.8) is 0 Å². The Balaban J connectivity index is 1.88. The first-order chi connectivity index (χ1) is 9.16. The number of halogens is 1. The largest absolute Gasteiger partial charge is 0.508 e. The monoisotopic (exact) mass is 261 g/mol. The molecule has 0 heterocycles. The van der Waals surface area contributed by atoms with Gasteiger partial charge < -0.3 is 15.5 Å². The minimum atomic E-state index is -0.628. The Morgan fingerprint density at radius 2 is 1.84 bits per heavy atom. The van der Waals surface area contributed by atoms with Crippen molar-refractivity contribution in [2.75, 3.05) is 6.54 Å². The van der Waals surface area contributed by atoms with Crippen molar-refractivity contribution in [1.82, 2.24) is 5.32 Å². The van der Waals surface area contributed by atoms with Gasteiger partial charge in [0.25, 0.3) is 0 Å². The maximum atomic E-state index is 13.0. The van der Waals surface area contributed by atoms with E-state index in [2.05, 4.69) is 5.32 Å². The number of aliphatic hydroxyl groups excluding tert-OH is 1. The van der Waals surface area contributed by atoms with Crippen LogP contribution in [-0.2, 0) is 6.54 Å². The van der Waals surface area contributed by atoms with Crippen molar-refractivity contribution in [3.05, 3.63) is 65.5 Å². The predicted octanol–water partition coefficient (Wildman–Crippen LogP) is 2.35. The fraction of sp³-hybridized carbons (Fsp3) is 0.200. The van der Waals surface area contributed by atoms with Crippen LogP contribution in [0.5, 0.6) is 5.75 Å². The van der Waals surface area contributed by atoms with Crippen molar-refractivity contribution < 1.29 is 14.6 Å². The summed E-state index contributed by atoms with van der Waals surface area (Å²) in [7, 11) is 0. The molecule has 1 unspecified atom stereocenters.